The minimum absolute atomic E-state index is 0.0465. The van der Waals surface area contributed by atoms with Crippen molar-refractivity contribution < 1.29 is 10.0 Å². The summed E-state index contributed by atoms with van der Waals surface area (Å²) in [6.45, 7) is 1.33. The van der Waals surface area contributed by atoms with Crippen LogP contribution in [-0.4, -0.2) is 38.0 Å². The molecule has 0 radical (unpaired) electrons. The molecule has 1 amide bonds. The van der Waals surface area contributed by atoms with E-state index in [0.717, 1.165) is 13.0 Å². The second kappa shape index (κ2) is 7.04. The molecule has 0 aromatic carbocycles. The van der Waals surface area contributed by atoms with Crippen molar-refractivity contribution in [3.63, 3.8) is 0 Å². The standard InChI is InChI=1S/C13H16N6O2/c14-12(18-21)10-2-3-11(17-8-10)13(20)16-4-1-6-19-7-5-15-9-19/h2-3,5,7-9,21H,1,4,6H2,(H2,14,18)(H,16,20). The van der Waals surface area contributed by atoms with Crippen LogP contribution in [0.5, 0.6) is 0 Å². The van der Waals surface area contributed by atoms with E-state index >= 15 is 0 Å². The highest BCUT2D eigenvalue weighted by Gasteiger charge is 2.07. The second-order valence-corrected chi connectivity index (χ2v) is 4.33. The van der Waals surface area contributed by atoms with Gasteiger partial charge in [0.15, 0.2) is 5.84 Å². The molecule has 0 unspecified atom stereocenters. The summed E-state index contributed by atoms with van der Waals surface area (Å²) in [6.07, 6.45) is 7.50. The van der Waals surface area contributed by atoms with E-state index in [9.17, 15) is 4.79 Å². The number of amidine groups is 1. The summed E-state index contributed by atoms with van der Waals surface area (Å²) in [7, 11) is 0. The lowest BCUT2D eigenvalue weighted by Gasteiger charge is -2.06. The number of rotatable bonds is 6. The molecule has 0 saturated heterocycles. The van der Waals surface area contributed by atoms with Crippen molar-refractivity contribution in [2.24, 2.45) is 10.9 Å². The maximum atomic E-state index is 11.9. The number of oxime groups is 1. The van der Waals surface area contributed by atoms with Gasteiger partial charge in [-0.1, -0.05) is 5.16 Å². The third kappa shape index (κ3) is 4.03. The van der Waals surface area contributed by atoms with Gasteiger partial charge in [-0.25, -0.2) is 4.98 Å². The molecule has 0 aliphatic rings. The van der Waals surface area contributed by atoms with Gasteiger partial charge in [0.05, 0.1) is 6.33 Å². The summed E-state index contributed by atoms with van der Waals surface area (Å²) >= 11 is 0. The second-order valence-electron chi connectivity index (χ2n) is 4.33. The maximum absolute atomic E-state index is 11.9. The van der Waals surface area contributed by atoms with Crippen LogP contribution in [0, 0.1) is 0 Å². The zero-order valence-corrected chi connectivity index (χ0v) is 11.3. The molecular formula is C13H16N6O2. The number of aromatic nitrogens is 3. The van der Waals surface area contributed by atoms with Gasteiger partial charge in [0.2, 0.25) is 0 Å². The normalized spacial score (nSPS) is 11.3. The van der Waals surface area contributed by atoms with Gasteiger partial charge in [-0.2, -0.15) is 0 Å². The first-order valence-electron chi connectivity index (χ1n) is 6.38. The Labute approximate surface area is 121 Å². The highest BCUT2D eigenvalue weighted by molar-refractivity contribution is 5.98. The van der Waals surface area contributed by atoms with Crippen molar-refractivity contribution in [2.75, 3.05) is 6.54 Å². The van der Waals surface area contributed by atoms with E-state index < -0.39 is 0 Å². The van der Waals surface area contributed by atoms with Crippen molar-refractivity contribution >= 4 is 11.7 Å². The summed E-state index contributed by atoms with van der Waals surface area (Å²) in [4.78, 5) is 19.8. The third-order valence-corrected chi connectivity index (χ3v) is 2.84. The van der Waals surface area contributed by atoms with E-state index in [1.807, 2.05) is 10.8 Å². The Morgan fingerprint density at radius 3 is 2.95 bits per heavy atom. The molecule has 2 aromatic heterocycles. The minimum atomic E-state index is -0.258. The minimum Gasteiger partial charge on any atom is -0.409 e. The first-order chi connectivity index (χ1) is 10.2. The van der Waals surface area contributed by atoms with Crippen molar-refractivity contribution in [3.8, 4) is 0 Å². The Morgan fingerprint density at radius 1 is 1.48 bits per heavy atom. The number of carbonyl (C=O) groups is 1. The van der Waals surface area contributed by atoms with Gasteiger partial charge in [-0.05, 0) is 18.6 Å². The number of imidazole rings is 1. The van der Waals surface area contributed by atoms with Gasteiger partial charge < -0.3 is 20.8 Å². The van der Waals surface area contributed by atoms with Crippen molar-refractivity contribution in [3.05, 3.63) is 48.3 Å². The maximum Gasteiger partial charge on any atom is 0.269 e. The summed E-state index contributed by atoms with van der Waals surface area (Å²) in [5.41, 5.74) is 6.15. The number of aryl methyl sites for hydroxylation is 1. The first-order valence-corrected chi connectivity index (χ1v) is 6.38. The molecule has 110 valence electrons. The van der Waals surface area contributed by atoms with Crippen LogP contribution in [0.3, 0.4) is 0 Å². The predicted octanol–water partition coefficient (Wildman–Crippen LogP) is 0.193. The van der Waals surface area contributed by atoms with Crippen LogP contribution in [0.4, 0.5) is 0 Å². The lowest BCUT2D eigenvalue weighted by Crippen LogP contribution is -2.26. The molecule has 0 bridgehead atoms. The number of nitrogens with one attached hydrogen (secondary N) is 1. The fraction of sp³-hybridized carbons (Fsp3) is 0.231. The van der Waals surface area contributed by atoms with Crippen LogP contribution >= 0.6 is 0 Å². The molecule has 0 saturated carbocycles. The molecule has 8 heteroatoms. The SMILES string of the molecule is NC(=NO)c1ccc(C(=O)NCCCn2ccnc2)nc1. The third-order valence-electron chi connectivity index (χ3n) is 2.84. The zero-order chi connectivity index (χ0) is 15.1. The van der Waals surface area contributed by atoms with Gasteiger partial charge in [0.25, 0.3) is 5.91 Å². The van der Waals surface area contributed by atoms with Gasteiger partial charge in [0.1, 0.15) is 5.69 Å². The Hall–Kier alpha value is -2.90. The van der Waals surface area contributed by atoms with Crippen molar-refractivity contribution in [1.29, 1.82) is 0 Å². The van der Waals surface area contributed by atoms with Crippen LogP contribution in [0.2, 0.25) is 0 Å². The van der Waals surface area contributed by atoms with Gasteiger partial charge in [-0.3, -0.25) is 9.78 Å². The van der Waals surface area contributed by atoms with E-state index in [1.54, 1.807) is 18.6 Å². The molecule has 8 nitrogen and oxygen atoms in total. The Balaban J connectivity index is 1.80. The van der Waals surface area contributed by atoms with Crippen LogP contribution in [0.15, 0.2) is 42.2 Å². The average Bonchev–Trinajstić information content (AvgIpc) is 3.04. The molecule has 21 heavy (non-hydrogen) atoms. The van der Waals surface area contributed by atoms with Crippen LogP contribution < -0.4 is 11.1 Å². The number of hydrogen-bond donors (Lipinski definition) is 3. The fourth-order valence-corrected chi connectivity index (χ4v) is 1.71. The van der Waals surface area contributed by atoms with Crippen molar-refractivity contribution in [1.82, 2.24) is 19.9 Å². The smallest absolute Gasteiger partial charge is 0.269 e. The average molecular weight is 288 g/mol. The van der Waals surface area contributed by atoms with Crippen LogP contribution in [-0.2, 0) is 6.54 Å². The lowest BCUT2D eigenvalue weighted by molar-refractivity contribution is 0.0948. The molecule has 2 rings (SSSR count). The van der Waals surface area contributed by atoms with E-state index in [2.05, 4.69) is 20.4 Å². The highest BCUT2D eigenvalue weighted by atomic mass is 16.4. The van der Waals surface area contributed by atoms with Gasteiger partial charge in [-0.15, -0.1) is 0 Å². The Morgan fingerprint density at radius 2 is 2.33 bits per heavy atom. The number of pyridine rings is 1. The molecule has 4 N–H and O–H groups in total. The van der Waals surface area contributed by atoms with Gasteiger partial charge >= 0.3 is 0 Å². The molecule has 0 aliphatic carbocycles. The number of hydrogen-bond acceptors (Lipinski definition) is 5. The number of nitrogens with two attached hydrogens (primary N) is 1. The summed E-state index contributed by atoms with van der Waals surface area (Å²) in [5.74, 6) is -0.304. The number of amides is 1. The Kier molecular flexibility index (Phi) is 4.86. The summed E-state index contributed by atoms with van der Waals surface area (Å²) in [5, 5.41) is 14.2. The first kappa shape index (κ1) is 14.5. The molecular weight excluding hydrogens is 272 g/mol. The van der Waals surface area contributed by atoms with E-state index in [0.29, 0.717) is 12.1 Å². The van der Waals surface area contributed by atoms with E-state index in [4.69, 9.17) is 10.9 Å². The highest BCUT2D eigenvalue weighted by Crippen LogP contribution is 2.00. The molecule has 0 spiro atoms. The quantitative estimate of drug-likeness (QED) is 0.230. The monoisotopic (exact) mass is 288 g/mol. The molecule has 0 aliphatic heterocycles. The van der Waals surface area contributed by atoms with Gasteiger partial charge in [0, 0.05) is 37.2 Å². The Bertz CT molecular complexity index is 606. The largest absolute Gasteiger partial charge is 0.409 e. The van der Waals surface area contributed by atoms with Crippen molar-refractivity contribution in [2.45, 2.75) is 13.0 Å². The van der Waals surface area contributed by atoms with E-state index in [1.165, 1.54) is 12.3 Å². The topological polar surface area (TPSA) is 118 Å². The molecule has 0 atom stereocenters. The van der Waals surface area contributed by atoms with Crippen LogP contribution in [0.1, 0.15) is 22.5 Å². The number of nitrogens with zero attached hydrogens (tertiary/aromatic N) is 4. The summed E-state index contributed by atoms with van der Waals surface area (Å²) in [6, 6.07) is 3.10. The molecule has 2 heterocycles. The molecule has 2 aromatic rings. The zero-order valence-electron chi connectivity index (χ0n) is 11.3. The predicted molar refractivity (Wildman–Crippen MR) is 75.9 cm³/mol. The summed E-state index contributed by atoms with van der Waals surface area (Å²) < 4.78 is 1.94. The molecule has 0 fully saturated rings. The lowest BCUT2D eigenvalue weighted by atomic mass is 10.2. The van der Waals surface area contributed by atoms with E-state index in [-0.39, 0.29) is 17.4 Å². The fourth-order valence-electron chi connectivity index (χ4n) is 1.71. The number of carbonyl (C=O) groups excluding carboxylic acids is 1. The van der Waals surface area contributed by atoms with Crippen LogP contribution in [0.25, 0.3) is 0 Å².